The summed E-state index contributed by atoms with van der Waals surface area (Å²) in [5.41, 5.74) is 1.93. The molecule has 2 nitrogen and oxygen atoms in total. The van der Waals surface area contributed by atoms with Gasteiger partial charge in [-0.05, 0) is 13.8 Å². The lowest BCUT2D eigenvalue weighted by Crippen LogP contribution is -2.01. The smallest absolute Gasteiger partial charge is 0.118 e. The highest BCUT2D eigenvalue weighted by Gasteiger charge is 2.07. The van der Waals surface area contributed by atoms with E-state index in [0.29, 0.717) is 11.1 Å². The number of halogens is 1. The Morgan fingerprint density at radius 1 is 1.54 bits per heavy atom. The first kappa shape index (κ1) is 10.8. The maximum atomic E-state index is 5.72. The van der Waals surface area contributed by atoms with Crippen LogP contribution in [-0.2, 0) is 0 Å². The van der Waals surface area contributed by atoms with E-state index in [-0.39, 0.29) is 0 Å². The van der Waals surface area contributed by atoms with Crippen LogP contribution in [0.5, 0.6) is 0 Å². The molecule has 0 bridgehead atoms. The Morgan fingerprint density at radius 2 is 2.23 bits per heavy atom. The Balaban J connectivity index is 2.81. The highest BCUT2D eigenvalue weighted by molar-refractivity contribution is 8.00. The molecule has 0 amide bonds. The van der Waals surface area contributed by atoms with Crippen molar-refractivity contribution in [2.45, 2.75) is 31.0 Å². The molecule has 1 aromatic rings. The van der Waals surface area contributed by atoms with Gasteiger partial charge in [-0.15, -0.1) is 23.4 Å². The summed E-state index contributed by atoms with van der Waals surface area (Å²) in [4.78, 5) is 8.64. The van der Waals surface area contributed by atoms with E-state index < -0.39 is 0 Å². The predicted octanol–water partition coefficient (Wildman–Crippen LogP) is 2.81. The highest BCUT2D eigenvalue weighted by atomic mass is 35.5. The molecule has 1 aromatic heterocycles. The molecule has 0 aliphatic heterocycles. The molecule has 1 rings (SSSR count). The van der Waals surface area contributed by atoms with E-state index in [1.165, 1.54) is 0 Å². The summed E-state index contributed by atoms with van der Waals surface area (Å²) < 4.78 is 0. The number of hydrogen-bond acceptors (Lipinski definition) is 3. The molecule has 0 spiro atoms. The fourth-order valence-electron chi connectivity index (χ4n) is 0.849. The quantitative estimate of drug-likeness (QED) is 0.574. The Bertz CT molecular complexity index is 291. The van der Waals surface area contributed by atoms with Crippen LogP contribution < -0.4 is 0 Å². The molecule has 1 unspecified atom stereocenters. The van der Waals surface area contributed by atoms with Crippen LogP contribution in [0.1, 0.15) is 18.3 Å². The summed E-state index contributed by atoms with van der Waals surface area (Å²) in [6.45, 7) is 6.00. The van der Waals surface area contributed by atoms with E-state index >= 15 is 0 Å². The van der Waals surface area contributed by atoms with Crippen LogP contribution in [0.15, 0.2) is 11.2 Å². The van der Waals surface area contributed by atoms with Crippen molar-refractivity contribution in [3.05, 3.63) is 17.6 Å². The van der Waals surface area contributed by atoms with Crippen molar-refractivity contribution < 1.29 is 0 Å². The van der Waals surface area contributed by atoms with Gasteiger partial charge in [-0.25, -0.2) is 4.98 Å². The van der Waals surface area contributed by atoms with E-state index in [4.69, 9.17) is 11.6 Å². The van der Waals surface area contributed by atoms with E-state index in [0.717, 1.165) is 16.4 Å². The van der Waals surface area contributed by atoms with E-state index in [9.17, 15) is 0 Å². The lowest BCUT2D eigenvalue weighted by atomic mass is 10.4. The Labute approximate surface area is 88.1 Å². The fraction of sp³-hybridized carbons (Fsp3) is 0.556. The van der Waals surface area contributed by atoms with Crippen LogP contribution in [0.4, 0.5) is 0 Å². The number of thioether (sulfide) groups is 1. The van der Waals surface area contributed by atoms with Gasteiger partial charge < -0.3 is 0 Å². The average Bonchev–Trinajstić information content (AvgIpc) is 2.11. The number of hydrogen-bond donors (Lipinski definition) is 0. The summed E-state index contributed by atoms with van der Waals surface area (Å²) in [5, 5.41) is 1.38. The number of rotatable bonds is 3. The molecular formula is C9H13ClN2S. The van der Waals surface area contributed by atoms with Crippen LogP contribution in [0, 0.1) is 13.8 Å². The van der Waals surface area contributed by atoms with Gasteiger partial charge in [0.1, 0.15) is 5.03 Å². The first-order chi connectivity index (χ1) is 6.13. The molecule has 0 radical (unpaired) electrons. The van der Waals surface area contributed by atoms with Crippen LogP contribution in [-0.4, -0.2) is 21.1 Å². The van der Waals surface area contributed by atoms with Gasteiger partial charge in [-0.3, -0.25) is 4.98 Å². The van der Waals surface area contributed by atoms with Crippen LogP contribution in [0.2, 0.25) is 0 Å². The van der Waals surface area contributed by atoms with Crippen LogP contribution in [0.25, 0.3) is 0 Å². The van der Waals surface area contributed by atoms with Gasteiger partial charge >= 0.3 is 0 Å². The minimum absolute atomic E-state index is 0.386. The monoisotopic (exact) mass is 216 g/mol. The standard InChI is InChI=1S/C9H13ClN2S/c1-6-5-11-8(3)9(12-6)13-7(2)4-10/h5,7H,4H2,1-3H3. The zero-order chi connectivity index (χ0) is 9.84. The molecular weight excluding hydrogens is 204 g/mol. The molecule has 1 heterocycles. The van der Waals surface area contributed by atoms with Crippen molar-refractivity contribution in [1.29, 1.82) is 0 Å². The molecule has 0 saturated carbocycles. The number of alkyl halides is 1. The maximum absolute atomic E-state index is 5.72. The largest absolute Gasteiger partial charge is 0.257 e. The summed E-state index contributed by atoms with van der Waals surface area (Å²) >= 11 is 7.40. The van der Waals surface area contributed by atoms with Crippen LogP contribution in [0.3, 0.4) is 0 Å². The summed E-state index contributed by atoms with van der Waals surface area (Å²) in [6, 6.07) is 0. The van der Waals surface area contributed by atoms with Crippen molar-refractivity contribution in [3.63, 3.8) is 0 Å². The molecule has 0 aromatic carbocycles. The van der Waals surface area contributed by atoms with Gasteiger partial charge in [-0.1, -0.05) is 6.92 Å². The lowest BCUT2D eigenvalue weighted by molar-refractivity contribution is 0.939. The number of nitrogens with zero attached hydrogens (tertiary/aromatic N) is 2. The van der Waals surface area contributed by atoms with Crippen LogP contribution >= 0.6 is 23.4 Å². The van der Waals surface area contributed by atoms with Crippen molar-refractivity contribution in [3.8, 4) is 0 Å². The average molecular weight is 217 g/mol. The third-order valence-corrected chi connectivity index (χ3v) is 3.39. The molecule has 0 saturated heterocycles. The predicted molar refractivity (Wildman–Crippen MR) is 57.5 cm³/mol. The van der Waals surface area contributed by atoms with Gasteiger partial charge in [0.05, 0.1) is 11.4 Å². The maximum Gasteiger partial charge on any atom is 0.118 e. The highest BCUT2D eigenvalue weighted by Crippen LogP contribution is 2.23. The third-order valence-electron chi connectivity index (χ3n) is 1.56. The van der Waals surface area contributed by atoms with E-state index in [1.807, 2.05) is 13.8 Å². The first-order valence-electron chi connectivity index (χ1n) is 4.16. The molecule has 0 aliphatic carbocycles. The summed E-state index contributed by atoms with van der Waals surface area (Å²) in [5.74, 6) is 0.639. The Kier molecular flexibility index (Phi) is 4.00. The molecule has 4 heteroatoms. The minimum atomic E-state index is 0.386. The molecule has 0 aliphatic rings. The zero-order valence-corrected chi connectivity index (χ0v) is 9.61. The van der Waals surface area contributed by atoms with Gasteiger partial charge in [0.2, 0.25) is 0 Å². The molecule has 13 heavy (non-hydrogen) atoms. The summed E-state index contributed by atoms with van der Waals surface area (Å²) in [6.07, 6.45) is 1.78. The molecule has 0 fully saturated rings. The lowest BCUT2D eigenvalue weighted by Gasteiger charge is -2.08. The Morgan fingerprint density at radius 3 is 2.85 bits per heavy atom. The molecule has 0 N–H and O–H groups in total. The topological polar surface area (TPSA) is 25.8 Å². The van der Waals surface area contributed by atoms with Crippen molar-refractivity contribution in [2.75, 3.05) is 5.88 Å². The van der Waals surface area contributed by atoms with Gasteiger partial charge in [-0.2, -0.15) is 0 Å². The molecule has 1 atom stereocenters. The van der Waals surface area contributed by atoms with E-state index in [2.05, 4.69) is 16.9 Å². The SMILES string of the molecule is Cc1cnc(C)c(SC(C)CCl)n1. The third kappa shape index (κ3) is 3.16. The van der Waals surface area contributed by atoms with Gasteiger partial charge in [0.15, 0.2) is 0 Å². The zero-order valence-electron chi connectivity index (χ0n) is 8.04. The Hall–Kier alpha value is -0.280. The fourth-order valence-corrected chi connectivity index (χ4v) is 1.90. The number of aromatic nitrogens is 2. The summed E-state index contributed by atoms with van der Waals surface area (Å²) in [7, 11) is 0. The minimum Gasteiger partial charge on any atom is -0.257 e. The van der Waals surface area contributed by atoms with Gasteiger partial charge in [0, 0.05) is 17.3 Å². The second kappa shape index (κ2) is 4.82. The normalized spacial score (nSPS) is 12.9. The first-order valence-corrected chi connectivity index (χ1v) is 5.57. The second-order valence-corrected chi connectivity index (χ2v) is 4.72. The van der Waals surface area contributed by atoms with E-state index in [1.54, 1.807) is 18.0 Å². The second-order valence-electron chi connectivity index (χ2n) is 2.98. The van der Waals surface area contributed by atoms with Crippen molar-refractivity contribution in [2.24, 2.45) is 0 Å². The van der Waals surface area contributed by atoms with Crippen molar-refractivity contribution in [1.82, 2.24) is 9.97 Å². The molecule has 72 valence electrons. The van der Waals surface area contributed by atoms with Crippen molar-refractivity contribution >= 4 is 23.4 Å². The van der Waals surface area contributed by atoms with Gasteiger partial charge in [0.25, 0.3) is 0 Å². The number of aryl methyl sites for hydroxylation is 2.